The molecule has 29 heavy (non-hydrogen) atoms. The second kappa shape index (κ2) is 8.55. The molecule has 0 bridgehead atoms. The maximum absolute atomic E-state index is 13.1. The minimum atomic E-state index is 0.0791. The van der Waals surface area contributed by atoms with Crippen molar-refractivity contribution >= 4 is 5.91 Å². The number of nitrogens with zero attached hydrogens (tertiary/aromatic N) is 4. The number of hydrogen-bond acceptors (Lipinski definition) is 3. The van der Waals surface area contributed by atoms with Crippen molar-refractivity contribution in [1.29, 1.82) is 0 Å². The molecule has 3 heterocycles. The van der Waals surface area contributed by atoms with Crippen LogP contribution in [0, 0.1) is 5.92 Å². The Bertz CT molecular complexity index is 936. The quantitative estimate of drug-likeness (QED) is 0.643. The lowest BCUT2D eigenvalue weighted by Gasteiger charge is -2.32. The van der Waals surface area contributed by atoms with Gasteiger partial charge in [0, 0.05) is 32.5 Å². The highest BCUT2D eigenvalue weighted by Crippen LogP contribution is 2.25. The number of aromatic nitrogens is 3. The van der Waals surface area contributed by atoms with E-state index in [1.807, 2.05) is 53.2 Å². The summed E-state index contributed by atoms with van der Waals surface area (Å²) in [6.07, 6.45) is 9.92. The number of piperidine rings is 1. The first kappa shape index (κ1) is 19.3. The topological polar surface area (TPSA) is 52.3 Å². The Balaban J connectivity index is 1.33. The van der Waals surface area contributed by atoms with Gasteiger partial charge in [-0.15, -0.1) is 0 Å². The van der Waals surface area contributed by atoms with Crippen LogP contribution in [0.2, 0.25) is 0 Å². The molecule has 0 radical (unpaired) electrons. The molecule has 3 aromatic rings. The van der Waals surface area contributed by atoms with E-state index >= 15 is 0 Å². The summed E-state index contributed by atoms with van der Waals surface area (Å²) < 4.78 is 8.93. The van der Waals surface area contributed by atoms with Crippen molar-refractivity contribution in [3.05, 3.63) is 66.1 Å². The Morgan fingerprint density at radius 3 is 2.48 bits per heavy atom. The number of rotatable bonds is 6. The molecule has 1 amide bonds. The zero-order valence-electron chi connectivity index (χ0n) is 17.1. The summed E-state index contributed by atoms with van der Waals surface area (Å²) >= 11 is 0. The fourth-order valence-corrected chi connectivity index (χ4v) is 4.12. The van der Waals surface area contributed by atoms with Crippen LogP contribution in [0.5, 0.6) is 5.75 Å². The van der Waals surface area contributed by atoms with Crippen LogP contribution < -0.4 is 4.74 Å². The highest BCUT2D eigenvalue weighted by atomic mass is 16.5. The van der Waals surface area contributed by atoms with Crippen LogP contribution in [0.4, 0.5) is 0 Å². The standard InChI is InChI=1S/C23H28N4O2/c1-25-22(26-13-3-4-14-26)21(17-24-25)23(28)27-15-11-19(12-16-27)6-5-18-7-9-20(29-2)10-8-18/h3-4,7-10,13-14,17,19H,5-6,11-12,15-16H2,1-2H3. The van der Waals surface area contributed by atoms with E-state index in [0.29, 0.717) is 11.5 Å². The van der Waals surface area contributed by atoms with Crippen LogP contribution in [0.25, 0.3) is 5.82 Å². The van der Waals surface area contributed by atoms with E-state index in [-0.39, 0.29) is 5.91 Å². The summed E-state index contributed by atoms with van der Waals surface area (Å²) in [5.41, 5.74) is 2.01. The summed E-state index contributed by atoms with van der Waals surface area (Å²) in [5, 5.41) is 4.32. The third-order valence-electron chi connectivity index (χ3n) is 5.89. The average Bonchev–Trinajstić information content (AvgIpc) is 3.42. The van der Waals surface area contributed by atoms with E-state index in [1.54, 1.807) is 18.0 Å². The predicted molar refractivity (Wildman–Crippen MR) is 112 cm³/mol. The molecule has 0 atom stereocenters. The monoisotopic (exact) mass is 392 g/mol. The molecule has 152 valence electrons. The highest BCUT2D eigenvalue weighted by molar-refractivity contribution is 5.97. The normalized spacial score (nSPS) is 14.9. The molecule has 1 aliphatic rings. The Morgan fingerprint density at radius 1 is 1.14 bits per heavy atom. The SMILES string of the molecule is COc1ccc(CCC2CCN(C(=O)c3cnn(C)c3-n3cccc3)CC2)cc1. The van der Waals surface area contributed by atoms with Gasteiger partial charge in [-0.3, -0.25) is 9.48 Å². The van der Waals surface area contributed by atoms with Gasteiger partial charge >= 0.3 is 0 Å². The van der Waals surface area contributed by atoms with Crippen LogP contribution in [-0.4, -0.2) is 45.4 Å². The van der Waals surface area contributed by atoms with Crippen molar-refractivity contribution in [2.45, 2.75) is 25.7 Å². The summed E-state index contributed by atoms with van der Waals surface area (Å²) in [6.45, 7) is 1.62. The van der Waals surface area contributed by atoms with Gasteiger partial charge in [0.15, 0.2) is 0 Å². The fraction of sp³-hybridized carbons (Fsp3) is 0.391. The lowest BCUT2D eigenvalue weighted by molar-refractivity contribution is 0.0687. The Labute approximate surface area is 171 Å². The smallest absolute Gasteiger partial charge is 0.259 e. The van der Waals surface area contributed by atoms with Gasteiger partial charge in [0.2, 0.25) is 0 Å². The van der Waals surface area contributed by atoms with Crippen LogP contribution in [0.3, 0.4) is 0 Å². The second-order valence-electron chi connectivity index (χ2n) is 7.72. The Kier molecular flexibility index (Phi) is 5.69. The number of aryl methyl sites for hydroxylation is 2. The molecular formula is C23H28N4O2. The van der Waals surface area contributed by atoms with Crippen molar-refractivity contribution in [2.24, 2.45) is 13.0 Å². The van der Waals surface area contributed by atoms with Gasteiger partial charge in [-0.05, 0) is 61.4 Å². The number of ether oxygens (including phenoxy) is 1. The van der Waals surface area contributed by atoms with Gasteiger partial charge < -0.3 is 14.2 Å². The van der Waals surface area contributed by atoms with Gasteiger partial charge in [0.25, 0.3) is 5.91 Å². The number of carbonyl (C=O) groups is 1. The molecule has 4 rings (SSSR count). The minimum Gasteiger partial charge on any atom is -0.497 e. The number of likely N-dealkylation sites (tertiary alicyclic amines) is 1. The van der Waals surface area contributed by atoms with Gasteiger partial charge in [0.05, 0.1) is 13.3 Å². The van der Waals surface area contributed by atoms with Gasteiger partial charge in [0.1, 0.15) is 17.1 Å². The predicted octanol–water partition coefficient (Wildman–Crippen LogP) is 3.70. The summed E-state index contributed by atoms with van der Waals surface area (Å²) in [5.74, 6) is 2.46. The van der Waals surface area contributed by atoms with Crippen LogP contribution in [0.15, 0.2) is 55.0 Å². The van der Waals surface area contributed by atoms with E-state index in [2.05, 4.69) is 17.2 Å². The number of methoxy groups -OCH3 is 1. The largest absolute Gasteiger partial charge is 0.497 e. The number of amides is 1. The summed E-state index contributed by atoms with van der Waals surface area (Å²) in [7, 11) is 3.56. The van der Waals surface area contributed by atoms with E-state index < -0.39 is 0 Å². The molecule has 0 aliphatic carbocycles. The van der Waals surface area contributed by atoms with Crippen LogP contribution in [0.1, 0.15) is 35.2 Å². The van der Waals surface area contributed by atoms with Crippen molar-refractivity contribution < 1.29 is 9.53 Å². The van der Waals surface area contributed by atoms with E-state index in [4.69, 9.17) is 4.74 Å². The van der Waals surface area contributed by atoms with Crippen molar-refractivity contribution in [1.82, 2.24) is 19.2 Å². The van der Waals surface area contributed by atoms with Crippen molar-refractivity contribution in [3.63, 3.8) is 0 Å². The number of hydrogen-bond donors (Lipinski definition) is 0. The van der Waals surface area contributed by atoms with Crippen molar-refractivity contribution in [2.75, 3.05) is 20.2 Å². The lowest BCUT2D eigenvalue weighted by atomic mass is 9.90. The molecule has 1 aliphatic heterocycles. The zero-order valence-corrected chi connectivity index (χ0v) is 17.1. The first-order valence-corrected chi connectivity index (χ1v) is 10.2. The third kappa shape index (κ3) is 4.21. The lowest BCUT2D eigenvalue weighted by Crippen LogP contribution is -2.38. The Hall–Kier alpha value is -3.02. The first-order valence-electron chi connectivity index (χ1n) is 10.2. The van der Waals surface area contributed by atoms with E-state index in [0.717, 1.165) is 50.3 Å². The molecule has 1 fully saturated rings. The maximum atomic E-state index is 13.1. The maximum Gasteiger partial charge on any atom is 0.259 e. The first-order chi connectivity index (χ1) is 14.2. The molecule has 0 N–H and O–H groups in total. The molecular weight excluding hydrogens is 364 g/mol. The summed E-state index contributed by atoms with van der Waals surface area (Å²) in [4.78, 5) is 15.1. The minimum absolute atomic E-state index is 0.0791. The second-order valence-corrected chi connectivity index (χ2v) is 7.72. The molecule has 0 spiro atoms. The van der Waals surface area contributed by atoms with E-state index in [9.17, 15) is 4.79 Å². The molecule has 6 nitrogen and oxygen atoms in total. The third-order valence-corrected chi connectivity index (χ3v) is 5.89. The highest BCUT2D eigenvalue weighted by Gasteiger charge is 2.27. The van der Waals surface area contributed by atoms with Crippen LogP contribution >= 0.6 is 0 Å². The fourth-order valence-electron chi connectivity index (χ4n) is 4.12. The zero-order chi connectivity index (χ0) is 20.2. The van der Waals surface area contributed by atoms with Gasteiger partial charge in [-0.1, -0.05) is 12.1 Å². The van der Waals surface area contributed by atoms with Gasteiger partial charge in [-0.25, -0.2) is 0 Å². The number of benzene rings is 1. The molecule has 0 saturated carbocycles. The number of carbonyl (C=O) groups excluding carboxylic acids is 1. The van der Waals surface area contributed by atoms with Crippen molar-refractivity contribution in [3.8, 4) is 11.6 Å². The van der Waals surface area contributed by atoms with Gasteiger partial charge in [-0.2, -0.15) is 5.10 Å². The Morgan fingerprint density at radius 2 is 1.83 bits per heavy atom. The molecule has 2 aromatic heterocycles. The average molecular weight is 393 g/mol. The molecule has 1 saturated heterocycles. The molecule has 1 aromatic carbocycles. The summed E-state index contributed by atoms with van der Waals surface area (Å²) in [6, 6.07) is 12.2. The molecule has 6 heteroatoms. The van der Waals surface area contributed by atoms with Crippen LogP contribution in [-0.2, 0) is 13.5 Å². The molecule has 0 unspecified atom stereocenters. The van der Waals surface area contributed by atoms with E-state index in [1.165, 1.54) is 5.56 Å².